The number of likely N-dealkylation sites (N-methyl/N-ethyl adjacent to an activating group) is 1. The molecule has 0 fully saturated rings. The first kappa shape index (κ1) is 17.1. The first-order valence-electron chi connectivity index (χ1n) is 7.76. The van der Waals surface area contributed by atoms with Crippen molar-refractivity contribution in [3.05, 3.63) is 41.7 Å². The zero-order valence-corrected chi connectivity index (χ0v) is 13.9. The van der Waals surface area contributed by atoms with Crippen LogP contribution in [0, 0.1) is 6.92 Å². The molecule has 1 unspecified atom stereocenters. The van der Waals surface area contributed by atoms with Crippen LogP contribution in [0.1, 0.15) is 30.0 Å². The van der Waals surface area contributed by atoms with Gasteiger partial charge >= 0.3 is 0 Å². The van der Waals surface area contributed by atoms with Gasteiger partial charge in [0.05, 0.1) is 6.04 Å². The van der Waals surface area contributed by atoms with E-state index in [2.05, 4.69) is 56.9 Å². The van der Waals surface area contributed by atoms with Crippen LogP contribution < -0.4 is 5.32 Å². The molecule has 1 aromatic heterocycles. The van der Waals surface area contributed by atoms with E-state index in [9.17, 15) is 4.79 Å². The van der Waals surface area contributed by atoms with Crippen LogP contribution in [0.3, 0.4) is 0 Å². The Bertz CT molecular complexity index is 611. The fourth-order valence-corrected chi connectivity index (χ4v) is 2.46. The van der Waals surface area contributed by atoms with E-state index < -0.39 is 0 Å². The van der Waals surface area contributed by atoms with Crippen molar-refractivity contribution in [1.82, 2.24) is 30.4 Å². The van der Waals surface area contributed by atoms with Crippen LogP contribution in [0.4, 0.5) is 0 Å². The van der Waals surface area contributed by atoms with Crippen LogP contribution in [0.5, 0.6) is 0 Å². The van der Waals surface area contributed by atoms with E-state index in [4.69, 9.17) is 0 Å². The molecule has 0 aliphatic rings. The van der Waals surface area contributed by atoms with E-state index in [1.807, 2.05) is 14.1 Å². The van der Waals surface area contributed by atoms with Gasteiger partial charge in [-0.25, -0.2) is 4.68 Å². The van der Waals surface area contributed by atoms with Crippen LogP contribution in [0.2, 0.25) is 0 Å². The molecular formula is C16H24N6O. The fourth-order valence-electron chi connectivity index (χ4n) is 2.46. The van der Waals surface area contributed by atoms with E-state index in [0.29, 0.717) is 25.9 Å². The van der Waals surface area contributed by atoms with Gasteiger partial charge in [0.25, 0.3) is 0 Å². The zero-order chi connectivity index (χ0) is 16.7. The molecule has 2 rings (SSSR count). The minimum Gasteiger partial charge on any atom is -0.354 e. The Labute approximate surface area is 136 Å². The molecule has 7 nitrogen and oxygen atoms in total. The topological polar surface area (TPSA) is 75.9 Å². The zero-order valence-electron chi connectivity index (χ0n) is 13.9. The Morgan fingerprint density at radius 1 is 1.39 bits per heavy atom. The summed E-state index contributed by atoms with van der Waals surface area (Å²) in [5, 5.41) is 13.9. The monoisotopic (exact) mass is 316 g/mol. The molecule has 0 aliphatic heterocycles. The van der Waals surface area contributed by atoms with Crippen molar-refractivity contribution >= 4 is 5.91 Å². The van der Waals surface area contributed by atoms with E-state index in [1.54, 1.807) is 11.0 Å². The Kier molecular flexibility index (Phi) is 6.22. The summed E-state index contributed by atoms with van der Waals surface area (Å²) in [5.74, 6) is 0.0533. The van der Waals surface area contributed by atoms with Crippen molar-refractivity contribution in [3.8, 4) is 0 Å². The second kappa shape index (κ2) is 8.38. The first-order valence-corrected chi connectivity index (χ1v) is 7.76. The lowest BCUT2D eigenvalue weighted by molar-refractivity contribution is -0.121. The number of aromatic nitrogens is 4. The van der Waals surface area contributed by atoms with Crippen molar-refractivity contribution in [2.45, 2.75) is 32.4 Å². The normalized spacial score (nSPS) is 12.3. The molecule has 0 radical (unpaired) electrons. The Balaban J connectivity index is 1.80. The van der Waals surface area contributed by atoms with Crippen molar-refractivity contribution in [3.63, 3.8) is 0 Å². The lowest BCUT2D eigenvalue weighted by atomic mass is 10.0. The van der Waals surface area contributed by atoms with Crippen LogP contribution in [0.15, 0.2) is 30.6 Å². The highest BCUT2D eigenvalue weighted by Crippen LogP contribution is 2.18. The van der Waals surface area contributed by atoms with Crippen molar-refractivity contribution in [1.29, 1.82) is 0 Å². The van der Waals surface area contributed by atoms with Gasteiger partial charge in [-0.1, -0.05) is 29.8 Å². The van der Waals surface area contributed by atoms with E-state index >= 15 is 0 Å². The number of carbonyl (C=O) groups is 1. The number of tetrazole rings is 1. The summed E-state index contributed by atoms with van der Waals surface area (Å²) in [6.07, 6.45) is 2.74. The molecule has 7 heteroatoms. The van der Waals surface area contributed by atoms with E-state index in [0.717, 1.165) is 0 Å². The number of hydrogen-bond donors (Lipinski definition) is 1. The molecule has 1 heterocycles. The van der Waals surface area contributed by atoms with Gasteiger partial charge in [-0.3, -0.25) is 4.79 Å². The number of carbonyl (C=O) groups excluding carboxylic acids is 1. The van der Waals surface area contributed by atoms with Crippen LogP contribution >= 0.6 is 0 Å². The van der Waals surface area contributed by atoms with Gasteiger partial charge in [0.1, 0.15) is 6.33 Å². The van der Waals surface area contributed by atoms with E-state index in [1.165, 1.54) is 11.1 Å². The average molecular weight is 316 g/mol. The molecule has 1 atom stereocenters. The number of aryl methyl sites for hydroxylation is 2. The molecule has 1 aromatic carbocycles. The van der Waals surface area contributed by atoms with Gasteiger partial charge in [-0.15, -0.1) is 5.10 Å². The molecule has 2 aromatic rings. The lowest BCUT2D eigenvalue weighted by Crippen LogP contribution is -2.34. The summed E-state index contributed by atoms with van der Waals surface area (Å²) in [5.41, 5.74) is 2.44. The summed E-state index contributed by atoms with van der Waals surface area (Å²) < 4.78 is 1.63. The van der Waals surface area contributed by atoms with Crippen LogP contribution in [-0.4, -0.2) is 51.7 Å². The standard InChI is InChI=1S/C16H24N6O/c1-13-6-4-7-14(10-13)15(21(2)3)11-17-16(23)8-5-9-22-12-18-19-20-22/h4,6-7,10,12,15H,5,8-9,11H2,1-3H3,(H,17,23). The predicted molar refractivity (Wildman–Crippen MR) is 87.7 cm³/mol. The van der Waals surface area contributed by atoms with Gasteiger partial charge in [-0.05, 0) is 43.4 Å². The molecule has 0 aliphatic carbocycles. The third-order valence-electron chi connectivity index (χ3n) is 3.73. The molecule has 0 bridgehead atoms. The highest BCUT2D eigenvalue weighted by atomic mass is 16.1. The average Bonchev–Trinajstić information content (AvgIpc) is 3.00. The largest absolute Gasteiger partial charge is 0.354 e. The number of nitrogens with zero attached hydrogens (tertiary/aromatic N) is 5. The molecule has 1 amide bonds. The van der Waals surface area contributed by atoms with Gasteiger partial charge in [0.2, 0.25) is 5.91 Å². The minimum atomic E-state index is 0.0533. The van der Waals surface area contributed by atoms with Crippen LogP contribution in [-0.2, 0) is 11.3 Å². The predicted octanol–water partition coefficient (Wildman–Crippen LogP) is 1.18. The highest BCUT2D eigenvalue weighted by Gasteiger charge is 2.15. The number of amides is 1. The summed E-state index contributed by atoms with van der Waals surface area (Å²) in [6.45, 7) is 3.32. The Hall–Kier alpha value is -2.28. The van der Waals surface area contributed by atoms with Gasteiger partial charge in [-0.2, -0.15) is 0 Å². The maximum absolute atomic E-state index is 12.0. The quantitative estimate of drug-likeness (QED) is 0.791. The third-order valence-corrected chi connectivity index (χ3v) is 3.73. The number of nitrogens with one attached hydrogen (secondary N) is 1. The summed E-state index contributed by atoms with van der Waals surface area (Å²) in [4.78, 5) is 14.1. The molecule has 0 saturated carbocycles. The SMILES string of the molecule is Cc1cccc(C(CNC(=O)CCCn2cnnn2)N(C)C)c1. The molecule has 0 spiro atoms. The molecular weight excluding hydrogens is 292 g/mol. The second-order valence-corrected chi connectivity index (χ2v) is 5.87. The summed E-state index contributed by atoms with van der Waals surface area (Å²) in [6, 6.07) is 8.55. The van der Waals surface area contributed by atoms with Gasteiger partial charge < -0.3 is 10.2 Å². The summed E-state index contributed by atoms with van der Waals surface area (Å²) in [7, 11) is 4.05. The maximum Gasteiger partial charge on any atom is 0.220 e. The summed E-state index contributed by atoms with van der Waals surface area (Å²) >= 11 is 0. The number of benzene rings is 1. The van der Waals surface area contributed by atoms with Gasteiger partial charge in [0, 0.05) is 19.5 Å². The second-order valence-electron chi connectivity index (χ2n) is 5.87. The van der Waals surface area contributed by atoms with Crippen molar-refractivity contribution in [2.75, 3.05) is 20.6 Å². The Morgan fingerprint density at radius 3 is 2.87 bits per heavy atom. The number of hydrogen-bond acceptors (Lipinski definition) is 5. The van der Waals surface area contributed by atoms with E-state index in [-0.39, 0.29) is 11.9 Å². The van der Waals surface area contributed by atoms with Gasteiger partial charge in [0.15, 0.2) is 0 Å². The smallest absolute Gasteiger partial charge is 0.220 e. The minimum absolute atomic E-state index is 0.0533. The lowest BCUT2D eigenvalue weighted by Gasteiger charge is -2.25. The molecule has 0 saturated heterocycles. The fraction of sp³-hybridized carbons (Fsp3) is 0.500. The third kappa shape index (κ3) is 5.45. The van der Waals surface area contributed by atoms with Crippen LogP contribution in [0.25, 0.3) is 0 Å². The van der Waals surface area contributed by atoms with Crippen molar-refractivity contribution in [2.24, 2.45) is 0 Å². The molecule has 23 heavy (non-hydrogen) atoms. The van der Waals surface area contributed by atoms with Crippen molar-refractivity contribution < 1.29 is 4.79 Å². The molecule has 124 valence electrons. The maximum atomic E-state index is 12.0. The molecule has 1 N–H and O–H groups in total. The number of rotatable bonds is 8. The highest BCUT2D eigenvalue weighted by molar-refractivity contribution is 5.75. The Morgan fingerprint density at radius 2 is 2.22 bits per heavy atom. The first-order chi connectivity index (χ1) is 11.1.